The van der Waals surface area contributed by atoms with Crippen LogP contribution in [0.25, 0.3) is 0 Å². The number of ether oxygens (including phenoxy) is 1. The van der Waals surface area contributed by atoms with Crippen LogP contribution in [0.2, 0.25) is 10.0 Å². The standard InChI is InChI=1S/C19H16Cl4N2O5/c20-9-2-1-3-10(17(9)23)24-11(26)6-30-12(27)5-25-18(28)13-7-4-8(14(13)19(25)29)16(22)15(7)21/h1-3,7-8,13-16H,4-6H2,(H,24,26)/t7-,8-,13-,14-,15-,16+/m1/s1. The lowest BCUT2D eigenvalue weighted by atomic mass is 9.80. The van der Waals surface area contributed by atoms with Crippen molar-refractivity contribution in [1.82, 2.24) is 4.90 Å². The fourth-order valence-electron chi connectivity index (χ4n) is 4.67. The van der Waals surface area contributed by atoms with E-state index >= 15 is 0 Å². The predicted octanol–water partition coefficient (Wildman–Crippen LogP) is 2.94. The van der Waals surface area contributed by atoms with Gasteiger partial charge in [-0.2, -0.15) is 0 Å². The molecule has 11 heteroatoms. The molecule has 3 amide bonds. The first-order valence-electron chi connectivity index (χ1n) is 9.23. The smallest absolute Gasteiger partial charge is 0.326 e. The van der Waals surface area contributed by atoms with Crippen LogP contribution >= 0.6 is 46.4 Å². The van der Waals surface area contributed by atoms with Gasteiger partial charge in [0.05, 0.1) is 38.3 Å². The summed E-state index contributed by atoms with van der Waals surface area (Å²) in [5.41, 5.74) is 0.268. The molecule has 1 N–H and O–H groups in total. The van der Waals surface area contributed by atoms with Gasteiger partial charge in [0.1, 0.15) is 6.54 Å². The third-order valence-corrected chi connectivity index (χ3v) is 8.09. The van der Waals surface area contributed by atoms with Crippen molar-refractivity contribution in [2.45, 2.75) is 17.2 Å². The Bertz CT molecular complexity index is 909. The van der Waals surface area contributed by atoms with E-state index in [4.69, 9.17) is 51.1 Å². The Labute approximate surface area is 191 Å². The van der Waals surface area contributed by atoms with E-state index in [1.807, 2.05) is 0 Å². The van der Waals surface area contributed by atoms with Gasteiger partial charge in [-0.1, -0.05) is 29.3 Å². The van der Waals surface area contributed by atoms with Crippen LogP contribution in [0, 0.1) is 23.7 Å². The van der Waals surface area contributed by atoms with E-state index in [1.165, 1.54) is 6.07 Å². The fraction of sp³-hybridized carbons (Fsp3) is 0.474. The SMILES string of the molecule is O=C(COC(=O)CN1C(=O)[C@@H]2[C@H]3C[C@@H]([C@@H](Cl)[C@H]3Cl)[C@H]2C1=O)Nc1cccc(Cl)c1Cl. The van der Waals surface area contributed by atoms with Gasteiger partial charge in [-0.3, -0.25) is 24.1 Å². The summed E-state index contributed by atoms with van der Waals surface area (Å²) in [5.74, 6) is -3.80. The van der Waals surface area contributed by atoms with Crippen LogP contribution in [0.5, 0.6) is 0 Å². The largest absolute Gasteiger partial charge is 0.454 e. The number of imide groups is 1. The molecule has 1 aliphatic heterocycles. The summed E-state index contributed by atoms with van der Waals surface area (Å²) in [4.78, 5) is 50.5. The van der Waals surface area contributed by atoms with Gasteiger partial charge in [-0.15, -0.1) is 23.2 Å². The van der Waals surface area contributed by atoms with Crippen LogP contribution in [0.3, 0.4) is 0 Å². The lowest BCUT2D eigenvalue weighted by molar-refractivity contribution is -0.154. The summed E-state index contributed by atoms with van der Waals surface area (Å²) in [6.45, 7) is -1.17. The average Bonchev–Trinajstić information content (AvgIpc) is 3.31. The summed E-state index contributed by atoms with van der Waals surface area (Å²) in [6, 6.07) is 4.70. The number of esters is 1. The number of amides is 3. The minimum Gasteiger partial charge on any atom is -0.454 e. The van der Waals surface area contributed by atoms with Crippen molar-refractivity contribution < 1.29 is 23.9 Å². The Hall–Kier alpha value is -1.54. The highest BCUT2D eigenvalue weighted by Crippen LogP contribution is 2.59. The number of carbonyl (C=O) groups excluding carboxylic acids is 4. The van der Waals surface area contributed by atoms with Crippen LogP contribution in [0.1, 0.15) is 6.42 Å². The summed E-state index contributed by atoms with van der Waals surface area (Å²) in [6.07, 6.45) is 0.639. The van der Waals surface area contributed by atoms with Crippen molar-refractivity contribution >= 4 is 75.8 Å². The van der Waals surface area contributed by atoms with Crippen LogP contribution < -0.4 is 5.32 Å². The molecule has 0 aromatic heterocycles. The molecule has 0 radical (unpaired) electrons. The second-order valence-corrected chi connectivity index (χ2v) is 9.37. The molecular formula is C19H16Cl4N2O5. The molecule has 0 unspecified atom stereocenters. The molecule has 1 aromatic rings. The van der Waals surface area contributed by atoms with Crippen LogP contribution in [-0.2, 0) is 23.9 Å². The summed E-state index contributed by atoms with van der Waals surface area (Å²) >= 11 is 24.5. The molecule has 3 aliphatic rings. The molecule has 160 valence electrons. The van der Waals surface area contributed by atoms with Gasteiger partial charge >= 0.3 is 5.97 Å². The van der Waals surface area contributed by atoms with E-state index in [0.29, 0.717) is 6.42 Å². The Morgan fingerprint density at radius 1 is 1.07 bits per heavy atom. The number of hydrogen-bond donors (Lipinski definition) is 1. The molecule has 2 bridgehead atoms. The zero-order valence-corrected chi connectivity index (χ0v) is 18.3. The minimum atomic E-state index is -0.874. The molecule has 4 rings (SSSR count). The van der Waals surface area contributed by atoms with Crippen molar-refractivity contribution in [3.05, 3.63) is 28.2 Å². The van der Waals surface area contributed by atoms with Crippen LogP contribution in [-0.4, -0.2) is 52.5 Å². The van der Waals surface area contributed by atoms with Crippen LogP contribution in [0.15, 0.2) is 18.2 Å². The zero-order valence-electron chi connectivity index (χ0n) is 15.3. The number of halogens is 4. The number of fused-ring (bicyclic) bond motifs is 5. The van der Waals surface area contributed by atoms with E-state index in [9.17, 15) is 19.2 Å². The van der Waals surface area contributed by atoms with Gasteiger partial charge in [0.15, 0.2) is 6.61 Å². The topological polar surface area (TPSA) is 92.8 Å². The Morgan fingerprint density at radius 2 is 1.67 bits per heavy atom. The van der Waals surface area contributed by atoms with Crippen molar-refractivity contribution in [2.24, 2.45) is 23.7 Å². The molecule has 0 spiro atoms. The van der Waals surface area contributed by atoms with Gasteiger partial charge in [0.2, 0.25) is 11.8 Å². The second kappa shape index (κ2) is 8.19. The molecular weight excluding hydrogens is 478 g/mol. The van der Waals surface area contributed by atoms with Gasteiger partial charge in [0, 0.05) is 0 Å². The first-order valence-corrected chi connectivity index (χ1v) is 10.9. The molecule has 1 aromatic carbocycles. The number of rotatable bonds is 5. The maximum absolute atomic E-state index is 12.7. The average molecular weight is 494 g/mol. The van der Waals surface area contributed by atoms with E-state index in [1.54, 1.807) is 12.1 Å². The summed E-state index contributed by atoms with van der Waals surface area (Å²) in [7, 11) is 0. The van der Waals surface area contributed by atoms with Crippen molar-refractivity contribution in [1.29, 1.82) is 0 Å². The summed E-state index contributed by atoms with van der Waals surface area (Å²) in [5, 5.41) is 2.14. The first-order chi connectivity index (χ1) is 14.2. The van der Waals surface area contributed by atoms with E-state index in [2.05, 4.69) is 5.32 Å². The highest BCUT2D eigenvalue weighted by atomic mass is 35.5. The third-order valence-electron chi connectivity index (χ3n) is 5.96. The van der Waals surface area contributed by atoms with E-state index < -0.39 is 48.7 Å². The number of likely N-dealkylation sites (tertiary alicyclic amines) is 1. The van der Waals surface area contributed by atoms with E-state index in [-0.39, 0.29) is 38.3 Å². The first kappa shape index (κ1) is 21.7. The Morgan fingerprint density at radius 3 is 2.27 bits per heavy atom. The number of benzene rings is 1. The lowest BCUT2D eigenvalue weighted by Crippen LogP contribution is -2.38. The van der Waals surface area contributed by atoms with Gasteiger partial charge in [-0.25, -0.2) is 0 Å². The molecule has 2 saturated carbocycles. The summed E-state index contributed by atoms with van der Waals surface area (Å²) < 4.78 is 4.91. The van der Waals surface area contributed by atoms with E-state index in [0.717, 1.165) is 4.90 Å². The van der Waals surface area contributed by atoms with Crippen LogP contribution in [0.4, 0.5) is 5.69 Å². The molecule has 6 atom stereocenters. The van der Waals surface area contributed by atoms with Crippen molar-refractivity contribution in [3.8, 4) is 0 Å². The van der Waals surface area contributed by atoms with Crippen molar-refractivity contribution in [3.63, 3.8) is 0 Å². The maximum Gasteiger partial charge on any atom is 0.326 e. The number of hydrogen-bond acceptors (Lipinski definition) is 5. The van der Waals surface area contributed by atoms with Crippen molar-refractivity contribution in [2.75, 3.05) is 18.5 Å². The number of nitrogens with one attached hydrogen (secondary N) is 1. The molecule has 7 nitrogen and oxygen atoms in total. The third kappa shape index (κ3) is 3.55. The number of anilines is 1. The van der Waals surface area contributed by atoms with Gasteiger partial charge < -0.3 is 10.1 Å². The maximum atomic E-state index is 12.7. The monoisotopic (exact) mass is 492 g/mol. The Kier molecular flexibility index (Phi) is 5.92. The number of alkyl halides is 2. The molecule has 2 aliphatic carbocycles. The lowest BCUT2D eigenvalue weighted by Gasteiger charge is -2.28. The zero-order chi connectivity index (χ0) is 21.7. The quantitative estimate of drug-likeness (QED) is 0.386. The highest BCUT2D eigenvalue weighted by molar-refractivity contribution is 6.44. The van der Waals surface area contributed by atoms with Gasteiger partial charge in [0.25, 0.3) is 5.91 Å². The minimum absolute atomic E-state index is 0.156. The molecule has 1 saturated heterocycles. The predicted molar refractivity (Wildman–Crippen MR) is 111 cm³/mol. The highest BCUT2D eigenvalue weighted by Gasteiger charge is 2.66. The van der Waals surface area contributed by atoms with Gasteiger partial charge in [-0.05, 0) is 30.4 Å². The number of carbonyl (C=O) groups is 4. The normalized spacial score (nSPS) is 31.8. The molecule has 30 heavy (non-hydrogen) atoms. The fourth-order valence-corrected chi connectivity index (χ4v) is 5.91. The molecule has 1 heterocycles. The molecule has 3 fully saturated rings. The Balaban J connectivity index is 1.33. The number of nitrogens with zero attached hydrogens (tertiary/aromatic N) is 1. The second-order valence-electron chi connectivity index (χ2n) is 7.58.